The van der Waals surface area contributed by atoms with Crippen LogP contribution in [0.5, 0.6) is 0 Å². The highest BCUT2D eigenvalue weighted by molar-refractivity contribution is 7.15. The van der Waals surface area contributed by atoms with Gasteiger partial charge < -0.3 is 5.32 Å². The summed E-state index contributed by atoms with van der Waals surface area (Å²) in [6.45, 7) is 6.03. The fourth-order valence-corrected chi connectivity index (χ4v) is 5.19. The molecule has 0 fully saturated rings. The standard InChI is InChI=1S/C26H23ClN6O2S/c1-15-7-8-18(27)11-22(15)33-16(2)10-21(31-33)24-17(3)30-26-32(25(24)35)20(14-36-26)12-23(34)29-13-19-6-4-5-9-28-19/h4-11,14H,12-13H2,1-3H3,(H,29,34). The lowest BCUT2D eigenvalue weighted by atomic mass is 10.1. The van der Waals surface area contributed by atoms with Gasteiger partial charge in [0.2, 0.25) is 5.91 Å². The number of hydrogen-bond acceptors (Lipinski definition) is 6. The van der Waals surface area contributed by atoms with E-state index in [2.05, 4.69) is 15.3 Å². The van der Waals surface area contributed by atoms with Crippen LogP contribution in [-0.4, -0.2) is 30.1 Å². The number of benzene rings is 1. The maximum absolute atomic E-state index is 13.7. The van der Waals surface area contributed by atoms with Gasteiger partial charge in [-0.1, -0.05) is 23.7 Å². The highest BCUT2D eigenvalue weighted by Gasteiger charge is 2.20. The monoisotopic (exact) mass is 518 g/mol. The number of nitrogens with one attached hydrogen (secondary N) is 1. The van der Waals surface area contributed by atoms with E-state index in [-0.39, 0.29) is 17.9 Å². The molecule has 1 N–H and O–H groups in total. The Hall–Kier alpha value is -3.82. The van der Waals surface area contributed by atoms with E-state index in [1.165, 1.54) is 15.7 Å². The fourth-order valence-electron chi connectivity index (χ4n) is 4.09. The van der Waals surface area contributed by atoms with Crippen LogP contribution in [0.25, 0.3) is 21.9 Å². The number of rotatable bonds is 6. The van der Waals surface area contributed by atoms with Gasteiger partial charge >= 0.3 is 0 Å². The fraction of sp³-hybridized carbons (Fsp3) is 0.192. The highest BCUT2D eigenvalue weighted by atomic mass is 35.5. The first-order valence-electron chi connectivity index (χ1n) is 11.3. The Morgan fingerprint density at radius 1 is 1.14 bits per heavy atom. The molecular weight excluding hydrogens is 496 g/mol. The lowest BCUT2D eigenvalue weighted by molar-refractivity contribution is -0.120. The molecule has 0 spiro atoms. The number of halogens is 1. The van der Waals surface area contributed by atoms with Crippen LogP contribution >= 0.6 is 22.9 Å². The number of thiazole rings is 1. The number of carbonyl (C=O) groups is 1. The molecule has 1 aromatic carbocycles. The van der Waals surface area contributed by atoms with Crippen molar-refractivity contribution in [3.05, 3.63) is 97.8 Å². The third kappa shape index (κ3) is 4.55. The number of amides is 1. The number of aromatic nitrogens is 5. The maximum Gasteiger partial charge on any atom is 0.268 e. The van der Waals surface area contributed by atoms with Gasteiger partial charge in [0.05, 0.1) is 35.6 Å². The molecular formula is C26H23ClN6O2S. The Morgan fingerprint density at radius 3 is 2.75 bits per heavy atom. The minimum Gasteiger partial charge on any atom is -0.350 e. The van der Waals surface area contributed by atoms with E-state index in [4.69, 9.17) is 16.7 Å². The lowest BCUT2D eigenvalue weighted by Gasteiger charge is -2.09. The van der Waals surface area contributed by atoms with Crippen LogP contribution < -0.4 is 10.9 Å². The molecule has 4 heterocycles. The summed E-state index contributed by atoms with van der Waals surface area (Å²) in [6, 6.07) is 13.0. The van der Waals surface area contributed by atoms with Gasteiger partial charge in [-0.15, -0.1) is 11.3 Å². The molecule has 0 saturated heterocycles. The highest BCUT2D eigenvalue weighted by Crippen LogP contribution is 2.26. The van der Waals surface area contributed by atoms with E-state index in [1.807, 2.05) is 56.3 Å². The molecule has 5 aromatic rings. The Kier molecular flexibility index (Phi) is 6.42. The molecule has 8 nitrogen and oxygen atoms in total. The summed E-state index contributed by atoms with van der Waals surface area (Å²) in [5.74, 6) is -0.203. The molecule has 0 bridgehead atoms. The Morgan fingerprint density at radius 2 is 1.97 bits per heavy atom. The van der Waals surface area contributed by atoms with Crippen molar-refractivity contribution in [1.82, 2.24) is 29.5 Å². The normalized spacial score (nSPS) is 11.2. The van der Waals surface area contributed by atoms with Crippen molar-refractivity contribution in [2.75, 3.05) is 0 Å². The SMILES string of the molecule is Cc1ccc(Cl)cc1-n1nc(-c2c(C)nc3scc(CC(=O)NCc4ccccn4)n3c2=O)cc1C. The van der Waals surface area contributed by atoms with Crippen LogP contribution in [0.1, 0.15) is 28.3 Å². The van der Waals surface area contributed by atoms with E-state index in [9.17, 15) is 9.59 Å². The third-order valence-corrected chi connectivity index (χ3v) is 7.01. The second-order valence-corrected chi connectivity index (χ2v) is 9.78. The van der Waals surface area contributed by atoms with Crippen molar-refractivity contribution in [2.45, 2.75) is 33.7 Å². The van der Waals surface area contributed by atoms with Gasteiger partial charge in [-0.2, -0.15) is 5.10 Å². The van der Waals surface area contributed by atoms with E-state index >= 15 is 0 Å². The number of carbonyl (C=O) groups excluding carboxylic acids is 1. The van der Waals surface area contributed by atoms with Crippen molar-refractivity contribution in [2.24, 2.45) is 0 Å². The van der Waals surface area contributed by atoms with Crippen LogP contribution in [0.3, 0.4) is 0 Å². The van der Waals surface area contributed by atoms with E-state index in [1.54, 1.807) is 23.2 Å². The molecule has 1 amide bonds. The average molecular weight is 519 g/mol. The van der Waals surface area contributed by atoms with Crippen LogP contribution in [-0.2, 0) is 17.8 Å². The summed E-state index contributed by atoms with van der Waals surface area (Å²) in [7, 11) is 0. The second kappa shape index (κ2) is 9.67. The largest absolute Gasteiger partial charge is 0.350 e. The molecule has 0 aliphatic rings. The van der Waals surface area contributed by atoms with Gasteiger partial charge in [-0.25, -0.2) is 9.67 Å². The van der Waals surface area contributed by atoms with E-state index in [0.717, 1.165) is 22.6 Å². The number of fused-ring (bicyclic) bond motifs is 1. The molecule has 182 valence electrons. The topological polar surface area (TPSA) is 94.2 Å². The predicted molar refractivity (Wildman–Crippen MR) is 141 cm³/mol. The van der Waals surface area contributed by atoms with E-state index < -0.39 is 0 Å². The first-order chi connectivity index (χ1) is 17.3. The van der Waals surface area contributed by atoms with Crippen LogP contribution in [0.2, 0.25) is 5.02 Å². The lowest BCUT2D eigenvalue weighted by Crippen LogP contribution is -2.27. The number of aryl methyl sites for hydroxylation is 3. The molecule has 0 aliphatic carbocycles. The quantitative estimate of drug-likeness (QED) is 0.358. The predicted octanol–water partition coefficient (Wildman–Crippen LogP) is 4.44. The van der Waals surface area contributed by atoms with Crippen LogP contribution in [0.15, 0.2) is 58.8 Å². The van der Waals surface area contributed by atoms with Gasteiger partial charge in [0.15, 0.2) is 4.96 Å². The number of hydrogen-bond donors (Lipinski definition) is 1. The summed E-state index contributed by atoms with van der Waals surface area (Å²) in [4.78, 5) is 35.7. The zero-order chi connectivity index (χ0) is 25.4. The van der Waals surface area contributed by atoms with Gasteiger partial charge in [0.25, 0.3) is 5.56 Å². The van der Waals surface area contributed by atoms with Gasteiger partial charge in [-0.3, -0.25) is 19.0 Å². The minimum absolute atomic E-state index is 0.0477. The molecule has 36 heavy (non-hydrogen) atoms. The molecule has 0 unspecified atom stereocenters. The molecule has 10 heteroatoms. The Labute approximate surface area is 216 Å². The van der Waals surface area contributed by atoms with Gasteiger partial charge in [-0.05, 0) is 56.7 Å². The minimum atomic E-state index is -0.251. The van der Waals surface area contributed by atoms with E-state index in [0.29, 0.717) is 39.2 Å². The van der Waals surface area contributed by atoms with Crippen molar-refractivity contribution in [3.8, 4) is 16.9 Å². The Bertz CT molecular complexity index is 1650. The third-order valence-electron chi connectivity index (χ3n) is 5.90. The summed E-state index contributed by atoms with van der Waals surface area (Å²) >= 11 is 7.55. The number of nitrogens with zero attached hydrogens (tertiary/aromatic N) is 5. The summed E-state index contributed by atoms with van der Waals surface area (Å²) in [5.41, 5.74) is 5.32. The summed E-state index contributed by atoms with van der Waals surface area (Å²) in [6.07, 6.45) is 1.73. The summed E-state index contributed by atoms with van der Waals surface area (Å²) < 4.78 is 3.29. The van der Waals surface area contributed by atoms with Gasteiger partial charge in [0.1, 0.15) is 5.69 Å². The molecule has 0 radical (unpaired) electrons. The smallest absolute Gasteiger partial charge is 0.268 e. The van der Waals surface area contributed by atoms with Crippen molar-refractivity contribution >= 4 is 33.8 Å². The number of pyridine rings is 1. The molecule has 4 aromatic heterocycles. The molecule has 0 aliphatic heterocycles. The molecule has 5 rings (SSSR count). The van der Waals surface area contributed by atoms with Crippen LogP contribution in [0, 0.1) is 20.8 Å². The van der Waals surface area contributed by atoms with Gasteiger partial charge in [0, 0.05) is 28.0 Å². The zero-order valence-electron chi connectivity index (χ0n) is 19.9. The maximum atomic E-state index is 13.7. The summed E-state index contributed by atoms with van der Waals surface area (Å²) in [5, 5.41) is 10.0. The van der Waals surface area contributed by atoms with Crippen molar-refractivity contribution in [3.63, 3.8) is 0 Å². The van der Waals surface area contributed by atoms with Crippen molar-refractivity contribution < 1.29 is 4.79 Å². The average Bonchev–Trinajstić information content (AvgIpc) is 3.43. The Balaban J connectivity index is 1.49. The first kappa shape index (κ1) is 23.9. The molecule has 0 saturated carbocycles. The molecule has 0 atom stereocenters. The second-order valence-electron chi connectivity index (χ2n) is 8.51. The zero-order valence-corrected chi connectivity index (χ0v) is 21.5. The first-order valence-corrected chi connectivity index (χ1v) is 12.6. The van der Waals surface area contributed by atoms with Crippen LogP contribution in [0.4, 0.5) is 0 Å². The van der Waals surface area contributed by atoms with Crippen molar-refractivity contribution in [1.29, 1.82) is 0 Å².